The molecule has 2 aromatic heterocycles. The van der Waals surface area contributed by atoms with Crippen LogP contribution in [-0.2, 0) is 4.74 Å². The minimum absolute atomic E-state index is 0.711. The molecule has 5 heteroatoms. The summed E-state index contributed by atoms with van der Waals surface area (Å²) in [4.78, 5) is 8.53. The average Bonchev–Trinajstić information content (AvgIpc) is 2.99. The van der Waals surface area contributed by atoms with Crippen LogP contribution in [0.25, 0.3) is 10.2 Å². The number of fused-ring (bicyclic) bond motifs is 1. The van der Waals surface area contributed by atoms with Crippen LogP contribution in [0.1, 0.15) is 12.8 Å². The Labute approximate surface area is 104 Å². The van der Waals surface area contributed by atoms with Crippen molar-refractivity contribution in [3.05, 3.63) is 17.8 Å². The van der Waals surface area contributed by atoms with E-state index < -0.39 is 0 Å². The van der Waals surface area contributed by atoms with Gasteiger partial charge in [0.2, 0.25) is 0 Å². The molecule has 3 rings (SSSR count). The third kappa shape index (κ3) is 2.40. The van der Waals surface area contributed by atoms with Gasteiger partial charge < -0.3 is 10.1 Å². The molecule has 1 N–H and O–H groups in total. The third-order valence-corrected chi connectivity index (χ3v) is 4.02. The Morgan fingerprint density at radius 2 is 2.47 bits per heavy atom. The summed E-state index contributed by atoms with van der Waals surface area (Å²) in [5.74, 6) is 1.67. The summed E-state index contributed by atoms with van der Waals surface area (Å²) in [6.45, 7) is 2.80. The Hall–Kier alpha value is -1.20. The van der Waals surface area contributed by atoms with Gasteiger partial charge in [-0.15, -0.1) is 11.3 Å². The first-order valence-corrected chi connectivity index (χ1v) is 6.81. The van der Waals surface area contributed by atoms with E-state index in [4.69, 9.17) is 4.74 Å². The molecule has 3 heterocycles. The van der Waals surface area contributed by atoms with Gasteiger partial charge in [0.05, 0.1) is 10.2 Å². The van der Waals surface area contributed by atoms with E-state index >= 15 is 0 Å². The van der Waals surface area contributed by atoms with Crippen LogP contribution in [0.3, 0.4) is 0 Å². The Morgan fingerprint density at radius 1 is 1.47 bits per heavy atom. The minimum Gasteiger partial charge on any atom is -0.381 e. The molecule has 1 aliphatic rings. The van der Waals surface area contributed by atoms with E-state index in [2.05, 4.69) is 20.7 Å². The number of hydrogen-bond acceptors (Lipinski definition) is 5. The molecule has 0 saturated carbocycles. The Balaban J connectivity index is 1.62. The van der Waals surface area contributed by atoms with Crippen LogP contribution < -0.4 is 5.32 Å². The van der Waals surface area contributed by atoms with Crippen molar-refractivity contribution >= 4 is 27.4 Å². The first-order chi connectivity index (χ1) is 8.43. The molecule has 0 radical (unpaired) electrons. The molecule has 0 aromatic carbocycles. The topological polar surface area (TPSA) is 47.0 Å². The minimum atomic E-state index is 0.711. The van der Waals surface area contributed by atoms with Crippen molar-refractivity contribution in [3.63, 3.8) is 0 Å². The van der Waals surface area contributed by atoms with Crippen LogP contribution in [0.4, 0.5) is 5.82 Å². The molecule has 0 aliphatic carbocycles. The third-order valence-electron chi connectivity index (χ3n) is 3.11. The van der Waals surface area contributed by atoms with Crippen LogP contribution in [0, 0.1) is 5.92 Å². The normalized spacial score (nSPS) is 19.9. The van der Waals surface area contributed by atoms with Crippen LogP contribution in [0.5, 0.6) is 0 Å². The van der Waals surface area contributed by atoms with Gasteiger partial charge in [0.1, 0.15) is 12.1 Å². The van der Waals surface area contributed by atoms with Crippen LogP contribution in [0.2, 0.25) is 0 Å². The lowest BCUT2D eigenvalue weighted by atomic mass is 10.1. The number of rotatable bonds is 4. The number of hydrogen-bond donors (Lipinski definition) is 1. The highest BCUT2D eigenvalue weighted by Crippen LogP contribution is 2.25. The first kappa shape index (κ1) is 10.9. The number of thiophene rings is 1. The summed E-state index contributed by atoms with van der Waals surface area (Å²) in [7, 11) is 0. The van der Waals surface area contributed by atoms with E-state index in [0.29, 0.717) is 5.92 Å². The van der Waals surface area contributed by atoms with Gasteiger partial charge >= 0.3 is 0 Å². The number of anilines is 1. The lowest BCUT2D eigenvalue weighted by molar-refractivity contribution is 0.185. The molecule has 1 unspecified atom stereocenters. The molecule has 4 nitrogen and oxygen atoms in total. The van der Waals surface area contributed by atoms with Gasteiger partial charge in [-0.2, -0.15) is 0 Å². The summed E-state index contributed by atoms with van der Waals surface area (Å²) in [5.41, 5.74) is 1.02. The van der Waals surface area contributed by atoms with Crippen molar-refractivity contribution in [2.45, 2.75) is 12.8 Å². The number of nitrogens with one attached hydrogen (secondary N) is 1. The maximum Gasteiger partial charge on any atom is 0.147 e. The standard InChI is InChI=1S/C12H15N3OS/c1(9-2-5-16-7-9)4-13-12-11-10(3-6-17-11)14-8-15-12/h3,6,8-9H,1-2,4-5,7H2,(H,13,14,15). The van der Waals surface area contributed by atoms with Crippen molar-refractivity contribution in [1.82, 2.24) is 9.97 Å². The molecule has 0 spiro atoms. The summed E-state index contributed by atoms with van der Waals surface area (Å²) in [6.07, 6.45) is 3.97. The molecule has 1 saturated heterocycles. The molecule has 17 heavy (non-hydrogen) atoms. The van der Waals surface area contributed by atoms with E-state index in [1.165, 1.54) is 6.42 Å². The predicted molar refractivity (Wildman–Crippen MR) is 69.4 cm³/mol. The fourth-order valence-electron chi connectivity index (χ4n) is 2.12. The highest BCUT2D eigenvalue weighted by molar-refractivity contribution is 7.17. The van der Waals surface area contributed by atoms with Gasteiger partial charge in [-0.1, -0.05) is 0 Å². The van der Waals surface area contributed by atoms with Crippen molar-refractivity contribution in [1.29, 1.82) is 0 Å². The maximum absolute atomic E-state index is 5.37. The fourth-order valence-corrected chi connectivity index (χ4v) is 2.93. The van der Waals surface area contributed by atoms with Gasteiger partial charge in [-0.3, -0.25) is 0 Å². The molecule has 0 amide bonds. The molecule has 1 fully saturated rings. The lowest BCUT2D eigenvalue weighted by Gasteiger charge is -2.09. The number of ether oxygens (including phenoxy) is 1. The quantitative estimate of drug-likeness (QED) is 0.904. The van der Waals surface area contributed by atoms with Crippen molar-refractivity contribution < 1.29 is 4.74 Å². The number of nitrogens with zero attached hydrogens (tertiary/aromatic N) is 2. The van der Waals surface area contributed by atoms with Crippen molar-refractivity contribution in [2.75, 3.05) is 25.1 Å². The van der Waals surface area contributed by atoms with E-state index in [-0.39, 0.29) is 0 Å². The Bertz CT molecular complexity index is 493. The zero-order valence-electron chi connectivity index (χ0n) is 9.56. The van der Waals surface area contributed by atoms with Gasteiger partial charge in [0, 0.05) is 19.8 Å². The Kier molecular flexibility index (Phi) is 3.20. The zero-order valence-corrected chi connectivity index (χ0v) is 10.4. The summed E-state index contributed by atoms with van der Waals surface area (Å²) < 4.78 is 6.51. The first-order valence-electron chi connectivity index (χ1n) is 5.93. The molecule has 2 aromatic rings. The van der Waals surface area contributed by atoms with Gasteiger partial charge in [0.15, 0.2) is 0 Å². The van der Waals surface area contributed by atoms with Crippen LogP contribution >= 0.6 is 11.3 Å². The second-order valence-electron chi connectivity index (χ2n) is 4.30. The fraction of sp³-hybridized carbons (Fsp3) is 0.500. The molecule has 90 valence electrons. The van der Waals surface area contributed by atoms with Gasteiger partial charge in [0.25, 0.3) is 0 Å². The SMILES string of the molecule is c1nc(NCCC2CCOC2)c2sccc2n1. The van der Waals surface area contributed by atoms with Crippen LogP contribution in [-0.4, -0.2) is 29.7 Å². The molecule has 1 aliphatic heterocycles. The van der Waals surface area contributed by atoms with E-state index in [9.17, 15) is 0 Å². The average molecular weight is 249 g/mol. The van der Waals surface area contributed by atoms with E-state index in [1.54, 1.807) is 17.7 Å². The molecular weight excluding hydrogens is 234 g/mol. The Morgan fingerprint density at radius 3 is 3.35 bits per heavy atom. The van der Waals surface area contributed by atoms with E-state index in [0.717, 1.165) is 42.2 Å². The predicted octanol–water partition coefficient (Wildman–Crippen LogP) is 2.53. The zero-order chi connectivity index (χ0) is 11.5. The summed E-state index contributed by atoms with van der Waals surface area (Å²) in [6, 6.07) is 2.03. The number of aromatic nitrogens is 2. The molecule has 0 bridgehead atoms. The largest absolute Gasteiger partial charge is 0.381 e. The van der Waals surface area contributed by atoms with Crippen LogP contribution in [0.15, 0.2) is 17.8 Å². The molecule has 1 atom stereocenters. The highest BCUT2D eigenvalue weighted by Gasteiger charge is 2.15. The second-order valence-corrected chi connectivity index (χ2v) is 5.22. The smallest absolute Gasteiger partial charge is 0.147 e. The van der Waals surface area contributed by atoms with Gasteiger partial charge in [-0.05, 0) is 30.2 Å². The summed E-state index contributed by atoms with van der Waals surface area (Å²) in [5, 5.41) is 5.46. The van der Waals surface area contributed by atoms with Crippen molar-refractivity contribution in [3.8, 4) is 0 Å². The van der Waals surface area contributed by atoms with Gasteiger partial charge in [-0.25, -0.2) is 9.97 Å². The molecular formula is C12H15N3OS. The highest BCUT2D eigenvalue weighted by atomic mass is 32.1. The monoisotopic (exact) mass is 249 g/mol. The second kappa shape index (κ2) is 4.98. The summed E-state index contributed by atoms with van der Waals surface area (Å²) >= 11 is 1.68. The maximum atomic E-state index is 5.37. The lowest BCUT2D eigenvalue weighted by Crippen LogP contribution is -2.10. The van der Waals surface area contributed by atoms with E-state index in [1.807, 2.05) is 6.07 Å². The van der Waals surface area contributed by atoms with Crippen molar-refractivity contribution in [2.24, 2.45) is 5.92 Å².